The van der Waals surface area contributed by atoms with Gasteiger partial charge in [0, 0.05) is 56.0 Å². The van der Waals surface area contributed by atoms with Crippen molar-refractivity contribution in [2.24, 2.45) is 0 Å². The van der Waals surface area contributed by atoms with Crippen LogP contribution in [0.1, 0.15) is 21.7 Å². The van der Waals surface area contributed by atoms with Gasteiger partial charge in [-0.3, -0.25) is 9.80 Å². The minimum absolute atomic E-state index is 0.233. The number of rotatable bonds is 7. The van der Waals surface area contributed by atoms with Gasteiger partial charge >= 0.3 is 0 Å². The summed E-state index contributed by atoms with van der Waals surface area (Å²) < 4.78 is 0. The monoisotopic (exact) mass is 438 g/mol. The molecule has 1 saturated heterocycles. The van der Waals surface area contributed by atoms with E-state index in [2.05, 4.69) is 59.1 Å². The van der Waals surface area contributed by atoms with Gasteiger partial charge in [-0.25, -0.2) is 15.0 Å². The lowest BCUT2D eigenvalue weighted by Gasteiger charge is -2.34. The Balaban J connectivity index is 1.45. The molecule has 164 valence electrons. The van der Waals surface area contributed by atoms with Crippen LogP contribution in [0.4, 0.5) is 11.6 Å². The number of hydrogen-bond acceptors (Lipinski definition) is 8. The molecule has 0 unspecified atom stereocenters. The quantitative estimate of drug-likeness (QED) is 0.586. The number of β-amino-alcohol motifs (C(OH)–C–C–N with tert-alkyl or cyclic N) is 1. The molecule has 0 atom stereocenters. The predicted molar refractivity (Wildman–Crippen MR) is 126 cm³/mol. The normalized spacial score (nSPS) is 15.4. The van der Waals surface area contributed by atoms with Crippen molar-refractivity contribution in [1.29, 1.82) is 0 Å². The average molecular weight is 439 g/mol. The lowest BCUT2D eigenvalue weighted by molar-refractivity contribution is 0.109. The Labute approximate surface area is 187 Å². The van der Waals surface area contributed by atoms with E-state index in [0.29, 0.717) is 5.95 Å². The van der Waals surface area contributed by atoms with E-state index in [0.717, 1.165) is 61.4 Å². The molecule has 31 heavy (non-hydrogen) atoms. The maximum atomic E-state index is 9.12. The highest BCUT2D eigenvalue weighted by Crippen LogP contribution is 2.28. The molecule has 0 aliphatic carbocycles. The Hall–Kier alpha value is -2.39. The van der Waals surface area contributed by atoms with Gasteiger partial charge in [-0.15, -0.1) is 11.3 Å². The summed E-state index contributed by atoms with van der Waals surface area (Å²) in [6.45, 7) is 12.2. The molecule has 2 aromatic heterocycles. The molecule has 1 fully saturated rings. The van der Waals surface area contributed by atoms with E-state index < -0.39 is 0 Å². The molecule has 0 radical (unpaired) electrons. The van der Waals surface area contributed by atoms with Crippen molar-refractivity contribution in [1.82, 2.24) is 24.8 Å². The summed E-state index contributed by atoms with van der Waals surface area (Å²) in [5.74, 6) is 0.580. The Bertz CT molecular complexity index is 1010. The van der Waals surface area contributed by atoms with Gasteiger partial charge in [0.25, 0.3) is 0 Å². The SMILES string of the molecule is Cc1cc(C)cc(Nc2nccc(-c3nc(C)c(CN4CCN(CCO)CC4)s3)n2)c1. The number of aromatic nitrogens is 3. The number of hydrogen-bond donors (Lipinski definition) is 2. The lowest BCUT2D eigenvalue weighted by atomic mass is 10.1. The van der Waals surface area contributed by atoms with Gasteiger partial charge < -0.3 is 10.4 Å². The fraction of sp³-hybridized carbons (Fsp3) is 0.435. The van der Waals surface area contributed by atoms with Gasteiger partial charge in [-0.2, -0.15) is 0 Å². The molecular weight excluding hydrogens is 408 g/mol. The van der Waals surface area contributed by atoms with Crippen LogP contribution in [0.25, 0.3) is 10.7 Å². The Morgan fingerprint density at radius 2 is 1.71 bits per heavy atom. The fourth-order valence-electron chi connectivity index (χ4n) is 3.91. The summed E-state index contributed by atoms with van der Waals surface area (Å²) in [4.78, 5) is 20.0. The van der Waals surface area contributed by atoms with Gasteiger partial charge in [0.1, 0.15) is 10.7 Å². The first-order chi connectivity index (χ1) is 15.0. The summed E-state index contributed by atoms with van der Waals surface area (Å²) in [5, 5.41) is 13.4. The van der Waals surface area contributed by atoms with E-state index in [-0.39, 0.29) is 6.61 Å². The molecule has 1 aliphatic heterocycles. The smallest absolute Gasteiger partial charge is 0.227 e. The van der Waals surface area contributed by atoms with Crippen molar-refractivity contribution in [2.75, 3.05) is 44.6 Å². The van der Waals surface area contributed by atoms with Crippen LogP contribution in [-0.4, -0.2) is 69.2 Å². The van der Waals surface area contributed by atoms with E-state index in [1.165, 1.54) is 16.0 Å². The topological polar surface area (TPSA) is 77.4 Å². The highest BCUT2D eigenvalue weighted by Gasteiger charge is 2.19. The van der Waals surface area contributed by atoms with Crippen molar-refractivity contribution in [3.8, 4) is 10.7 Å². The Morgan fingerprint density at radius 3 is 2.42 bits per heavy atom. The summed E-state index contributed by atoms with van der Waals surface area (Å²) in [5.41, 5.74) is 5.31. The Morgan fingerprint density at radius 1 is 1.00 bits per heavy atom. The molecule has 0 bridgehead atoms. The molecule has 1 aliphatic rings. The first-order valence-corrected chi connectivity index (χ1v) is 11.5. The number of aliphatic hydroxyl groups excluding tert-OH is 1. The number of piperazine rings is 1. The fourth-order valence-corrected chi connectivity index (χ4v) is 4.99. The molecule has 1 aromatic carbocycles. The van der Waals surface area contributed by atoms with E-state index in [4.69, 9.17) is 15.1 Å². The number of nitrogens with one attached hydrogen (secondary N) is 1. The number of aryl methyl sites for hydroxylation is 3. The van der Waals surface area contributed by atoms with Crippen LogP contribution >= 0.6 is 11.3 Å². The van der Waals surface area contributed by atoms with Gasteiger partial charge in [-0.05, 0) is 50.1 Å². The zero-order valence-electron chi connectivity index (χ0n) is 18.4. The molecule has 0 spiro atoms. The molecule has 7 nitrogen and oxygen atoms in total. The molecule has 0 amide bonds. The second-order valence-electron chi connectivity index (χ2n) is 8.14. The van der Waals surface area contributed by atoms with E-state index in [1.54, 1.807) is 17.5 Å². The van der Waals surface area contributed by atoms with Gasteiger partial charge in [-0.1, -0.05) is 6.07 Å². The molecule has 2 N–H and O–H groups in total. The third kappa shape index (κ3) is 5.65. The third-order valence-electron chi connectivity index (χ3n) is 5.49. The summed E-state index contributed by atoms with van der Waals surface area (Å²) in [6, 6.07) is 8.25. The number of nitrogens with zero attached hydrogens (tertiary/aromatic N) is 5. The molecule has 3 aromatic rings. The van der Waals surface area contributed by atoms with Gasteiger partial charge in [0.15, 0.2) is 0 Å². The zero-order valence-corrected chi connectivity index (χ0v) is 19.2. The highest BCUT2D eigenvalue weighted by molar-refractivity contribution is 7.15. The van der Waals surface area contributed by atoms with Crippen LogP contribution in [0, 0.1) is 20.8 Å². The van der Waals surface area contributed by atoms with Crippen LogP contribution in [0.5, 0.6) is 0 Å². The zero-order chi connectivity index (χ0) is 21.8. The standard InChI is InChI=1S/C23H30N6OS/c1-16-12-17(2)14-19(13-16)26-23-24-5-4-20(27-23)22-25-18(3)21(31-22)15-29-8-6-28(7-9-29)10-11-30/h4-5,12-14,30H,6-11,15H2,1-3H3,(H,24,26,27). The second-order valence-corrected chi connectivity index (χ2v) is 9.22. The maximum Gasteiger partial charge on any atom is 0.227 e. The minimum atomic E-state index is 0.233. The third-order valence-corrected chi connectivity index (χ3v) is 6.66. The first-order valence-electron chi connectivity index (χ1n) is 10.7. The van der Waals surface area contributed by atoms with Crippen molar-refractivity contribution < 1.29 is 5.11 Å². The number of aliphatic hydroxyl groups is 1. The highest BCUT2D eigenvalue weighted by atomic mass is 32.1. The van der Waals surface area contributed by atoms with Crippen molar-refractivity contribution in [2.45, 2.75) is 27.3 Å². The first kappa shape index (κ1) is 21.8. The Kier molecular flexibility index (Phi) is 6.92. The maximum absolute atomic E-state index is 9.12. The van der Waals surface area contributed by atoms with E-state index >= 15 is 0 Å². The van der Waals surface area contributed by atoms with E-state index in [1.807, 2.05) is 6.07 Å². The van der Waals surface area contributed by atoms with Crippen LogP contribution < -0.4 is 5.32 Å². The molecular formula is C23H30N6OS. The molecule has 0 saturated carbocycles. The van der Waals surface area contributed by atoms with Crippen LogP contribution in [0.3, 0.4) is 0 Å². The largest absolute Gasteiger partial charge is 0.395 e. The van der Waals surface area contributed by atoms with Crippen molar-refractivity contribution >= 4 is 23.0 Å². The summed E-state index contributed by atoms with van der Waals surface area (Å²) >= 11 is 1.71. The summed E-state index contributed by atoms with van der Waals surface area (Å²) in [7, 11) is 0. The minimum Gasteiger partial charge on any atom is -0.395 e. The number of benzene rings is 1. The van der Waals surface area contributed by atoms with Crippen LogP contribution in [0.2, 0.25) is 0 Å². The van der Waals surface area contributed by atoms with Crippen molar-refractivity contribution in [3.05, 3.63) is 52.2 Å². The predicted octanol–water partition coefficient (Wildman–Crippen LogP) is 3.38. The summed E-state index contributed by atoms with van der Waals surface area (Å²) in [6.07, 6.45) is 1.78. The lowest BCUT2D eigenvalue weighted by Crippen LogP contribution is -2.46. The molecule has 8 heteroatoms. The van der Waals surface area contributed by atoms with E-state index in [9.17, 15) is 0 Å². The van der Waals surface area contributed by atoms with Gasteiger partial charge in [0.05, 0.1) is 12.3 Å². The second kappa shape index (κ2) is 9.82. The van der Waals surface area contributed by atoms with Crippen LogP contribution in [0.15, 0.2) is 30.5 Å². The van der Waals surface area contributed by atoms with Crippen molar-refractivity contribution in [3.63, 3.8) is 0 Å². The number of thiazole rings is 1. The molecule has 4 rings (SSSR count). The molecule has 3 heterocycles. The van der Waals surface area contributed by atoms with Gasteiger partial charge in [0.2, 0.25) is 5.95 Å². The number of anilines is 2. The van der Waals surface area contributed by atoms with Crippen LogP contribution in [-0.2, 0) is 6.54 Å². The average Bonchev–Trinajstić information content (AvgIpc) is 3.09.